The molecule has 1 atom stereocenters. The van der Waals surface area contributed by atoms with Crippen LogP contribution in [0.4, 0.5) is 0 Å². The number of carbonyl (C=O) groups excluding carboxylic acids is 1. The van der Waals surface area contributed by atoms with Crippen molar-refractivity contribution in [3.8, 4) is 5.69 Å². The van der Waals surface area contributed by atoms with E-state index in [9.17, 15) is 9.90 Å². The number of aliphatic hydroxyl groups excluding tert-OH is 1. The Hall–Kier alpha value is -1.89. The van der Waals surface area contributed by atoms with Crippen LogP contribution in [0.3, 0.4) is 0 Å². The van der Waals surface area contributed by atoms with E-state index in [2.05, 4.69) is 10.4 Å². The Kier molecular flexibility index (Phi) is 5.94. The van der Waals surface area contributed by atoms with Crippen LogP contribution < -0.4 is 5.32 Å². The second-order valence-corrected chi connectivity index (χ2v) is 5.16. The molecule has 0 bridgehead atoms. The van der Waals surface area contributed by atoms with Crippen molar-refractivity contribution in [2.45, 2.75) is 12.5 Å². The summed E-state index contributed by atoms with van der Waals surface area (Å²) in [4.78, 5) is 12.0. The molecule has 0 aliphatic rings. The monoisotopic (exact) mass is 323 g/mol. The van der Waals surface area contributed by atoms with Gasteiger partial charge in [0.25, 0.3) is 5.91 Å². The molecule has 1 unspecified atom stereocenters. The Morgan fingerprint density at radius 1 is 1.45 bits per heavy atom. The van der Waals surface area contributed by atoms with Gasteiger partial charge in [-0.2, -0.15) is 5.10 Å². The third-order valence-corrected chi connectivity index (χ3v) is 3.36. The number of rotatable bonds is 7. The van der Waals surface area contributed by atoms with Gasteiger partial charge in [0, 0.05) is 19.9 Å². The molecule has 2 aromatic rings. The second-order valence-electron chi connectivity index (χ2n) is 4.75. The van der Waals surface area contributed by atoms with E-state index in [-0.39, 0.29) is 12.5 Å². The molecule has 7 heteroatoms. The highest BCUT2D eigenvalue weighted by molar-refractivity contribution is 6.32. The fourth-order valence-corrected chi connectivity index (χ4v) is 2.16. The quantitative estimate of drug-likeness (QED) is 0.812. The van der Waals surface area contributed by atoms with Gasteiger partial charge in [0.15, 0.2) is 5.69 Å². The van der Waals surface area contributed by atoms with E-state index in [1.807, 2.05) is 18.2 Å². The lowest BCUT2D eigenvalue weighted by atomic mass is 10.2. The summed E-state index contributed by atoms with van der Waals surface area (Å²) in [6.07, 6.45) is 1.51. The Morgan fingerprint density at radius 3 is 2.95 bits per heavy atom. The summed E-state index contributed by atoms with van der Waals surface area (Å²) < 4.78 is 6.37. The molecule has 118 valence electrons. The van der Waals surface area contributed by atoms with Gasteiger partial charge in [0.1, 0.15) is 0 Å². The van der Waals surface area contributed by atoms with Crippen LogP contribution in [-0.2, 0) is 4.74 Å². The third-order valence-electron chi connectivity index (χ3n) is 3.04. The smallest absolute Gasteiger partial charge is 0.271 e. The van der Waals surface area contributed by atoms with Gasteiger partial charge in [0.2, 0.25) is 0 Å². The number of nitrogens with one attached hydrogen (secondary N) is 1. The Balaban J connectivity index is 1.94. The summed E-state index contributed by atoms with van der Waals surface area (Å²) in [6, 6.07) is 8.87. The first kappa shape index (κ1) is 16.5. The van der Waals surface area contributed by atoms with Crippen LogP contribution >= 0.6 is 11.6 Å². The van der Waals surface area contributed by atoms with Crippen LogP contribution in [-0.4, -0.2) is 47.2 Å². The number of ether oxygens (including phenoxy) is 1. The van der Waals surface area contributed by atoms with E-state index in [0.29, 0.717) is 29.4 Å². The average Bonchev–Trinajstić information content (AvgIpc) is 2.97. The Labute approximate surface area is 133 Å². The highest BCUT2D eigenvalue weighted by Crippen LogP contribution is 2.18. The van der Waals surface area contributed by atoms with E-state index in [0.717, 1.165) is 0 Å². The molecular weight excluding hydrogens is 306 g/mol. The van der Waals surface area contributed by atoms with Gasteiger partial charge in [-0.15, -0.1) is 0 Å². The molecule has 0 spiro atoms. The minimum absolute atomic E-state index is 0.247. The zero-order valence-corrected chi connectivity index (χ0v) is 13.0. The standard InChI is InChI=1S/C15H18ClN3O3/c1-22-10-11(20)6-8-17-15(21)13-7-9-19(18-13)14-5-3-2-4-12(14)16/h2-5,7,9,11,20H,6,8,10H2,1H3,(H,17,21). The molecule has 0 aliphatic heterocycles. The van der Waals surface area contributed by atoms with E-state index in [1.165, 1.54) is 7.11 Å². The molecule has 1 amide bonds. The van der Waals surface area contributed by atoms with Crippen molar-refractivity contribution in [1.82, 2.24) is 15.1 Å². The number of carbonyl (C=O) groups is 1. The summed E-state index contributed by atoms with van der Waals surface area (Å²) in [5.41, 5.74) is 1.000. The van der Waals surface area contributed by atoms with Gasteiger partial charge in [-0.1, -0.05) is 23.7 Å². The number of halogens is 1. The predicted molar refractivity (Wildman–Crippen MR) is 83.4 cm³/mol. The normalized spacial score (nSPS) is 12.1. The molecule has 6 nitrogen and oxygen atoms in total. The number of aromatic nitrogens is 2. The highest BCUT2D eigenvalue weighted by Gasteiger charge is 2.12. The maximum absolute atomic E-state index is 12.0. The van der Waals surface area contributed by atoms with Gasteiger partial charge in [-0.25, -0.2) is 4.68 Å². The first-order valence-corrected chi connectivity index (χ1v) is 7.25. The molecule has 0 aliphatic carbocycles. The van der Waals surface area contributed by atoms with Crippen molar-refractivity contribution >= 4 is 17.5 Å². The summed E-state index contributed by atoms with van der Waals surface area (Å²) in [6.45, 7) is 0.597. The van der Waals surface area contributed by atoms with E-state index in [1.54, 1.807) is 23.0 Å². The molecule has 0 fully saturated rings. The lowest BCUT2D eigenvalue weighted by molar-refractivity contribution is 0.0587. The molecule has 1 aromatic carbocycles. The van der Waals surface area contributed by atoms with Gasteiger partial charge in [-0.3, -0.25) is 4.79 Å². The largest absolute Gasteiger partial charge is 0.391 e. The minimum atomic E-state index is -0.592. The van der Waals surface area contributed by atoms with E-state index >= 15 is 0 Å². The van der Waals surface area contributed by atoms with Crippen LogP contribution in [0.1, 0.15) is 16.9 Å². The predicted octanol–water partition coefficient (Wildman–Crippen LogP) is 1.65. The lowest BCUT2D eigenvalue weighted by Gasteiger charge is -2.09. The first-order valence-electron chi connectivity index (χ1n) is 6.87. The molecule has 1 aromatic heterocycles. The Morgan fingerprint density at radius 2 is 2.23 bits per heavy atom. The lowest BCUT2D eigenvalue weighted by Crippen LogP contribution is -2.28. The number of amides is 1. The SMILES string of the molecule is COCC(O)CCNC(=O)c1ccn(-c2ccccc2Cl)n1. The van der Waals surface area contributed by atoms with E-state index < -0.39 is 6.10 Å². The summed E-state index contributed by atoms with van der Waals surface area (Å²) in [5, 5.41) is 17.0. The minimum Gasteiger partial charge on any atom is -0.391 e. The fraction of sp³-hybridized carbons (Fsp3) is 0.333. The van der Waals surface area contributed by atoms with Crippen molar-refractivity contribution in [3.63, 3.8) is 0 Å². The van der Waals surface area contributed by atoms with Crippen molar-refractivity contribution in [3.05, 3.63) is 47.2 Å². The van der Waals surface area contributed by atoms with Crippen LogP contribution in [0, 0.1) is 0 Å². The third kappa shape index (κ3) is 4.30. The van der Waals surface area contributed by atoms with E-state index in [4.69, 9.17) is 16.3 Å². The molecule has 2 rings (SSSR count). The maximum atomic E-state index is 12.0. The molecule has 1 heterocycles. The van der Waals surface area contributed by atoms with Crippen LogP contribution in [0.5, 0.6) is 0 Å². The molecule has 0 radical (unpaired) electrons. The number of methoxy groups -OCH3 is 1. The maximum Gasteiger partial charge on any atom is 0.271 e. The zero-order chi connectivity index (χ0) is 15.9. The fourth-order valence-electron chi connectivity index (χ4n) is 1.94. The van der Waals surface area contributed by atoms with Crippen molar-refractivity contribution in [2.75, 3.05) is 20.3 Å². The summed E-state index contributed by atoms with van der Waals surface area (Å²) in [5.74, 6) is -0.296. The topological polar surface area (TPSA) is 76.4 Å². The Bertz CT molecular complexity index is 630. The number of nitrogens with zero attached hydrogens (tertiary/aromatic N) is 2. The van der Waals surface area contributed by atoms with Gasteiger partial charge >= 0.3 is 0 Å². The van der Waals surface area contributed by atoms with Gasteiger partial charge < -0.3 is 15.2 Å². The number of para-hydroxylation sites is 1. The number of hydrogen-bond donors (Lipinski definition) is 2. The van der Waals surface area contributed by atoms with Crippen molar-refractivity contribution < 1.29 is 14.6 Å². The summed E-state index contributed by atoms with van der Waals surface area (Å²) in [7, 11) is 1.52. The summed E-state index contributed by atoms with van der Waals surface area (Å²) >= 11 is 6.09. The van der Waals surface area contributed by atoms with Crippen LogP contribution in [0.15, 0.2) is 36.5 Å². The van der Waals surface area contributed by atoms with Crippen molar-refractivity contribution in [1.29, 1.82) is 0 Å². The van der Waals surface area contributed by atoms with Crippen LogP contribution in [0.25, 0.3) is 5.69 Å². The second kappa shape index (κ2) is 7.93. The molecule has 2 N–H and O–H groups in total. The van der Waals surface area contributed by atoms with Crippen molar-refractivity contribution in [2.24, 2.45) is 0 Å². The number of hydrogen-bond acceptors (Lipinski definition) is 4. The first-order chi connectivity index (χ1) is 10.6. The van der Waals surface area contributed by atoms with Gasteiger partial charge in [-0.05, 0) is 24.6 Å². The molecular formula is C15H18ClN3O3. The van der Waals surface area contributed by atoms with Gasteiger partial charge in [0.05, 0.1) is 23.4 Å². The molecule has 0 saturated heterocycles. The van der Waals surface area contributed by atoms with Crippen LogP contribution in [0.2, 0.25) is 5.02 Å². The number of aliphatic hydroxyl groups is 1. The highest BCUT2D eigenvalue weighted by atomic mass is 35.5. The molecule has 0 saturated carbocycles. The molecule has 22 heavy (non-hydrogen) atoms. The average molecular weight is 324 g/mol. The number of benzene rings is 1. The zero-order valence-electron chi connectivity index (χ0n) is 12.2.